The number of piperidine rings is 1. The van der Waals surface area contributed by atoms with Crippen LogP contribution in [0.2, 0.25) is 0 Å². The van der Waals surface area contributed by atoms with E-state index in [1.165, 1.54) is 6.42 Å². The Morgan fingerprint density at radius 1 is 0.917 bits per heavy atom. The zero-order valence-electron chi connectivity index (χ0n) is 14.3. The molecule has 6 heteroatoms. The fourth-order valence-corrected chi connectivity index (χ4v) is 3.43. The second-order valence-corrected chi connectivity index (χ2v) is 6.68. The first-order chi connectivity index (χ1) is 11.7. The highest BCUT2D eigenvalue weighted by molar-refractivity contribution is 5.78. The minimum atomic E-state index is 0.174. The first-order valence-electron chi connectivity index (χ1n) is 9.02. The van der Waals surface area contributed by atoms with Crippen molar-refractivity contribution in [2.75, 3.05) is 45.8 Å². The molecule has 1 aromatic heterocycles. The van der Waals surface area contributed by atoms with Crippen LogP contribution in [0.4, 0.5) is 0 Å². The second-order valence-electron chi connectivity index (χ2n) is 6.68. The zero-order valence-corrected chi connectivity index (χ0v) is 14.3. The first kappa shape index (κ1) is 17.0. The van der Waals surface area contributed by atoms with Crippen molar-refractivity contribution in [2.24, 2.45) is 0 Å². The fourth-order valence-electron chi connectivity index (χ4n) is 3.43. The standard InChI is InChI=1S/C18H27N3O3/c22-17(7-6-16-5-4-14-24-16)21-12-10-19(11-13-21)15-18(23)20-8-2-1-3-9-20/h4-5,14H,1-3,6-13,15H2. The summed E-state index contributed by atoms with van der Waals surface area (Å²) in [6, 6.07) is 3.75. The molecule has 2 aliphatic heterocycles. The zero-order chi connectivity index (χ0) is 16.8. The molecule has 24 heavy (non-hydrogen) atoms. The van der Waals surface area contributed by atoms with Crippen LogP contribution in [0, 0.1) is 0 Å². The molecule has 0 aliphatic carbocycles. The summed E-state index contributed by atoms with van der Waals surface area (Å²) in [6.45, 7) is 5.30. The van der Waals surface area contributed by atoms with Crippen LogP contribution < -0.4 is 0 Å². The molecule has 132 valence electrons. The van der Waals surface area contributed by atoms with Crippen LogP contribution in [-0.2, 0) is 16.0 Å². The number of furan rings is 1. The predicted molar refractivity (Wildman–Crippen MR) is 90.5 cm³/mol. The molecule has 2 amide bonds. The highest BCUT2D eigenvalue weighted by Crippen LogP contribution is 2.11. The topological polar surface area (TPSA) is 57.0 Å². The number of piperazine rings is 1. The number of hydrogen-bond donors (Lipinski definition) is 0. The van der Waals surface area contributed by atoms with Gasteiger partial charge in [0.25, 0.3) is 0 Å². The molecule has 0 aromatic carbocycles. The van der Waals surface area contributed by atoms with Crippen LogP contribution in [-0.4, -0.2) is 72.3 Å². The molecule has 2 aliphatic rings. The molecule has 1 aromatic rings. The van der Waals surface area contributed by atoms with Gasteiger partial charge in [0.2, 0.25) is 11.8 Å². The highest BCUT2D eigenvalue weighted by Gasteiger charge is 2.24. The lowest BCUT2D eigenvalue weighted by atomic mass is 10.1. The molecule has 3 rings (SSSR count). The van der Waals surface area contributed by atoms with Crippen LogP contribution >= 0.6 is 0 Å². The molecule has 6 nitrogen and oxygen atoms in total. The Hall–Kier alpha value is -1.82. The summed E-state index contributed by atoms with van der Waals surface area (Å²) in [6.07, 6.45) is 6.27. The third-order valence-electron chi connectivity index (χ3n) is 4.96. The average molecular weight is 333 g/mol. The van der Waals surface area contributed by atoms with Gasteiger partial charge in [-0.05, 0) is 31.4 Å². The van der Waals surface area contributed by atoms with Crippen molar-refractivity contribution in [3.8, 4) is 0 Å². The predicted octanol–water partition coefficient (Wildman–Crippen LogP) is 1.37. The molecular weight excluding hydrogens is 306 g/mol. The van der Waals surface area contributed by atoms with E-state index >= 15 is 0 Å². The van der Waals surface area contributed by atoms with E-state index in [0.29, 0.717) is 32.5 Å². The number of amides is 2. The SMILES string of the molecule is O=C(CCc1ccco1)N1CCN(CC(=O)N2CCCCC2)CC1. The second kappa shape index (κ2) is 8.33. The third-order valence-corrected chi connectivity index (χ3v) is 4.96. The van der Waals surface area contributed by atoms with Crippen molar-refractivity contribution in [1.29, 1.82) is 0 Å². The molecule has 2 saturated heterocycles. The van der Waals surface area contributed by atoms with Crippen molar-refractivity contribution in [3.63, 3.8) is 0 Å². The fraction of sp³-hybridized carbons (Fsp3) is 0.667. The van der Waals surface area contributed by atoms with E-state index < -0.39 is 0 Å². The Labute approximate surface area is 143 Å². The quantitative estimate of drug-likeness (QED) is 0.817. The van der Waals surface area contributed by atoms with E-state index in [1.54, 1.807) is 6.26 Å². The summed E-state index contributed by atoms with van der Waals surface area (Å²) in [7, 11) is 0. The number of carbonyl (C=O) groups excluding carboxylic acids is 2. The van der Waals surface area contributed by atoms with Gasteiger partial charge in [0, 0.05) is 52.1 Å². The van der Waals surface area contributed by atoms with Gasteiger partial charge in [0.05, 0.1) is 12.8 Å². The maximum atomic E-state index is 12.3. The molecule has 0 saturated carbocycles. The van der Waals surface area contributed by atoms with E-state index in [4.69, 9.17) is 4.42 Å². The van der Waals surface area contributed by atoms with Crippen LogP contribution in [0.1, 0.15) is 31.4 Å². The van der Waals surface area contributed by atoms with Gasteiger partial charge in [0.1, 0.15) is 5.76 Å². The highest BCUT2D eigenvalue weighted by atomic mass is 16.3. The van der Waals surface area contributed by atoms with Gasteiger partial charge in [-0.3, -0.25) is 14.5 Å². The lowest BCUT2D eigenvalue weighted by Crippen LogP contribution is -2.52. The summed E-state index contributed by atoms with van der Waals surface area (Å²) in [4.78, 5) is 30.6. The Kier molecular flexibility index (Phi) is 5.91. The molecule has 0 spiro atoms. The number of aryl methyl sites for hydroxylation is 1. The van der Waals surface area contributed by atoms with Gasteiger partial charge >= 0.3 is 0 Å². The van der Waals surface area contributed by atoms with E-state index in [-0.39, 0.29) is 11.8 Å². The Balaban J connectivity index is 1.37. The number of carbonyl (C=O) groups is 2. The van der Waals surface area contributed by atoms with Gasteiger partial charge in [-0.1, -0.05) is 0 Å². The van der Waals surface area contributed by atoms with Crippen molar-refractivity contribution < 1.29 is 14.0 Å². The van der Waals surface area contributed by atoms with Crippen molar-refractivity contribution in [3.05, 3.63) is 24.2 Å². The van der Waals surface area contributed by atoms with Crippen molar-refractivity contribution in [2.45, 2.75) is 32.1 Å². The first-order valence-corrected chi connectivity index (χ1v) is 9.02. The van der Waals surface area contributed by atoms with Crippen molar-refractivity contribution >= 4 is 11.8 Å². The number of hydrogen-bond acceptors (Lipinski definition) is 4. The summed E-state index contributed by atoms with van der Waals surface area (Å²) in [5.74, 6) is 1.27. The molecule has 0 radical (unpaired) electrons. The minimum absolute atomic E-state index is 0.174. The van der Waals surface area contributed by atoms with Crippen LogP contribution in [0.3, 0.4) is 0 Å². The van der Waals surface area contributed by atoms with E-state index in [9.17, 15) is 9.59 Å². The minimum Gasteiger partial charge on any atom is -0.469 e. The van der Waals surface area contributed by atoms with Gasteiger partial charge in [-0.25, -0.2) is 0 Å². The Morgan fingerprint density at radius 2 is 1.62 bits per heavy atom. The Bertz CT molecular complexity index is 530. The van der Waals surface area contributed by atoms with Crippen LogP contribution in [0.5, 0.6) is 0 Å². The third kappa shape index (κ3) is 4.60. The van der Waals surface area contributed by atoms with E-state index in [1.807, 2.05) is 21.9 Å². The molecule has 2 fully saturated rings. The molecule has 0 bridgehead atoms. The summed E-state index contributed by atoms with van der Waals surface area (Å²) < 4.78 is 5.27. The largest absolute Gasteiger partial charge is 0.469 e. The summed E-state index contributed by atoms with van der Waals surface area (Å²) in [5, 5.41) is 0. The number of rotatable bonds is 5. The average Bonchev–Trinajstić information content (AvgIpc) is 3.14. The monoisotopic (exact) mass is 333 g/mol. The molecular formula is C18H27N3O3. The van der Waals surface area contributed by atoms with Crippen molar-refractivity contribution in [1.82, 2.24) is 14.7 Å². The van der Waals surface area contributed by atoms with Crippen LogP contribution in [0.25, 0.3) is 0 Å². The molecule has 3 heterocycles. The molecule has 0 atom stereocenters. The summed E-state index contributed by atoms with van der Waals surface area (Å²) in [5.41, 5.74) is 0. The number of nitrogens with zero attached hydrogens (tertiary/aromatic N) is 3. The Morgan fingerprint density at radius 3 is 2.29 bits per heavy atom. The van der Waals surface area contributed by atoms with Gasteiger partial charge < -0.3 is 14.2 Å². The lowest BCUT2D eigenvalue weighted by Gasteiger charge is -2.36. The number of likely N-dealkylation sites (tertiary alicyclic amines) is 1. The normalized spacial score (nSPS) is 19.5. The van der Waals surface area contributed by atoms with E-state index in [0.717, 1.165) is 44.8 Å². The van der Waals surface area contributed by atoms with E-state index in [2.05, 4.69) is 4.90 Å². The van der Waals surface area contributed by atoms with Gasteiger partial charge in [-0.15, -0.1) is 0 Å². The maximum absolute atomic E-state index is 12.3. The van der Waals surface area contributed by atoms with Gasteiger partial charge in [0.15, 0.2) is 0 Å². The molecule has 0 N–H and O–H groups in total. The summed E-state index contributed by atoms with van der Waals surface area (Å²) >= 11 is 0. The maximum Gasteiger partial charge on any atom is 0.236 e. The lowest BCUT2D eigenvalue weighted by molar-refractivity contribution is -0.135. The van der Waals surface area contributed by atoms with Gasteiger partial charge in [-0.2, -0.15) is 0 Å². The molecule has 0 unspecified atom stereocenters. The smallest absolute Gasteiger partial charge is 0.236 e. The van der Waals surface area contributed by atoms with Crippen LogP contribution in [0.15, 0.2) is 22.8 Å².